The summed E-state index contributed by atoms with van der Waals surface area (Å²) < 4.78 is 55.7. The Morgan fingerprint density at radius 1 is 1.09 bits per heavy atom. The first-order chi connectivity index (χ1) is 16.6. The number of hydrogen-bond acceptors (Lipinski definition) is 7. The van der Waals surface area contributed by atoms with Crippen LogP contribution in [0.2, 0.25) is 0 Å². The largest absolute Gasteiger partial charge is 0.416 e. The number of alkyl halides is 4. The number of amides is 2. The lowest BCUT2D eigenvalue weighted by Crippen LogP contribution is -2.40. The van der Waals surface area contributed by atoms with E-state index in [1.807, 2.05) is 0 Å². The minimum Gasteiger partial charge on any atom is -0.372 e. The van der Waals surface area contributed by atoms with Crippen molar-refractivity contribution in [2.75, 3.05) is 20.1 Å². The van der Waals surface area contributed by atoms with Gasteiger partial charge in [-0.25, -0.2) is 9.07 Å². The lowest BCUT2D eigenvalue weighted by atomic mass is 10.1. The van der Waals surface area contributed by atoms with Crippen molar-refractivity contribution in [1.29, 1.82) is 0 Å². The van der Waals surface area contributed by atoms with Gasteiger partial charge in [-0.3, -0.25) is 14.3 Å². The number of carbonyl (C=O) groups is 2. The van der Waals surface area contributed by atoms with Crippen LogP contribution in [-0.4, -0.2) is 85.2 Å². The normalized spacial score (nSPS) is 16.7. The van der Waals surface area contributed by atoms with Crippen LogP contribution in [0.1, 0.15) is 34.3 Å². The molecule has 2 amide bonds. The van der Waals surface area contributed by atoms with E-state index in [0.717, 1.165) is 16.8 Å². The number of likely N-dealkylation sites (N-methyl/N-ethyl adjacent to an activating group) is 1. The highest BCUT2D eigenvalue weighted by atomic mass is 19.4. The minimum absolute atomic E-state index is 0.0506. The number of carbonyl (C=O) groups excluding carboxylic acids is 2. The zero-order chi connectivity index (χ0) is 25.6. The van der Waals surface area contributed by atoms with Crippen LogP contribution in [0.4, 0.5) is 17.6 Å². The molecule has 2 aromatic rings. The third-order valence-electron chi connectivity index (χ3n) is 5.12. The fourth-order valence-electron chi connectivity index (χ4n) is 3.19. The predicted octanol–water partition coefficient (Wildman–Crippen LogP) is 1.09. The summed E-state index contributed by atoms with van der Waals surface area (Å²) >= 11 is 0. The van der Waals surface area contributed by atoms with Gasteiger partial charge in [-0.05, 0) is 25.3 Å². The van der Waals surface area contributed by atoms with E-state index in [2.05, 4.69) is 31.3 Å². The number of halogens is 4. The first-order valence-corrected chi connectivity index (χ1v) is 10.8. The first-order valence-electron chi connectivity index (χ1n) is 10.8. The van der Waals surface area contributed by atoms with E-state index in [9.17, 15) is 27.2 Å². The Morgan fingerprint density at radius 3 is 2.37 bits per heavy atom. The highest BCUT2D eigenvalue weighted by Gasteiger charge is 2.34. The third-order valence-corrected chi connectivity index (χ3v) is 5.12. The molecule has 0 bridgehead atoms. The second-order valence-corrected chi connectivity index (χ2v) is 7.82. The monoisotopic (exact) mass is 499 g/mol. The molecule has 2 atom stereocenters. The average molecular weight is 499 g/mol. The maximum absolute atomic E-state index is 14.4. The zero-order valence-electron chi connectivity index (χ0n) is 19.0. The second-order valence-electron chi connectivity index (χ2n) is 7.82. The number of aromatic nitrogens is 6. The Balaban J connectivity index is 1.47. The molecule has 35 heavy (non-hydrogen) atoms. The Labute approximate surface area is 197 Å². The molecule has 2 aromatic heterocycles. The van der Waals surface area contributed by atoms with Gasteiger partial charge in [-0.1, -0.05) is 10.4 Å². The van der Waals surface area contributed by atoms with Gasteiger partial charge >= 0.3 is 6.18 Å². The van der Waals surface area contributed by atoms with Crippen LogP contribution in [0.15, 0.2) is 36.3 Å². The summed E-state index contributed by atoms with van der Waals surface area (Å²) in [5.74, 6) is -1.01. The Hall–Kier alpha value is -3.78. The molecule has 2 N–H and O–H groups in total. The van der Waals surface area contributed by atoms with Crippen LogP contribution in [0.25, 0.3) is 0 Å². The minimum atomic E-state index is -4.48. The molecule has 0 fully saturated rings. The molecular weight excluding hydrogens is 474 g/mol. The van der Waals surface area contributed by atoms with Gasteiger partial charge in [-0.15, -0.1) is 10.2 Å². The van der Waals surface area contributed by atoms with Crippen molar-refractivity contribution < 1.29 is 27.2 Å². The topological polar surface area (TPSA) is 123 Å². The summed E-state index contributed by atoms with van der Waals surface area (Å²) in [7, 11) is 1.59. The molecule has 3 rings (SSSR count). The predicted molar refractivity (Wildman–Crippen MR) is 115 cm³/mol. The van der Waals surface area contributed by atoms with E-state index in [1.165, 1.54) is 28.2 Å². The van der Waals surface area contributed by atoms with Gasteiger partial charge in [0.25, 0.3) is 11.8 Å². The molecule has 0 saturated carbocycles. The zero-order valence-corrected chi connectivity index (χ0v) is 19.0. The van der Waals surface area contributed by atoms with Crippen molar-refractivity contribution in [3.05, 3.63) is 47.7 Å². The van der Waals surface area contributed by atoms with Gasteiger partial charge in [0.2, 0.25) is 0 Å². The van der Waals surface area contributed by atoms with Gasteiger partial charge in [0.05, 0.1) is 30.6 Å². The van der Waals surface area contributed by atoms with E-state index in [4.69, 9.17) is 0 Å². The van der Waals surface area contributed by atoms with Crippen LogP contribution < -0.4 is 10.6 Å². The fraction of sp³-hybridized carbons (Fsp3) is 0.500. The van der Waals surface area contributed by atoms with Crippen LogP contribution in [0.3, 0.4) is 0 Å². The molecule has 0 radical (unpaired) electrons. The number of nitrogens with one attached hydrogen (secondary N) is 2. The number of allylic oxidation sites excluding steroid dienone is 2. The van der Waals surface area contributed by atoms with Gasteiger partial charge in [0.1, 0.15) is 6.17 Å². The van der Waals surface area contributed by atoms with E-state index in [0.29, 0.717) is 6.54 Å². The smallest absolute Gasteiger partial charge is 0.372 e. The molecule has 3 heterocycles. The molecule has 0 aliphatic carbocycles. The maximum Gasteiger partial charge on any atom is 0.416 e. The highest BCUT2D eigenvalue weighted by Crippen LogP contribution is 2.29. The third kappa shape index (κ3) is 7.10. The molecular formula is C20H25F4N9O2. The Kier molecular flexibility index (Phi) is 8.19. The lowest BCUT2D eigenvalue weighted by molar-refractivity contribution is -0.0891. The Morgan fingerprint density at radius 2 is 1.71 bits per heavy atom. The van der Waals surface area contributed by atoms with Gasteiger partial charge in [-0.2, -0.15) is 13.2 Å². The Bertz CT molecular complexity index is 1090. The molecule has 2 unspecified atom stereocenters. The summed E-state index contributed by atoms with van der Waals surface area (Å²) in [4.78, 5) is 25.6. The van der Waals surface area contributed by atoms with Crippen LogP contribution in [-0.2, 0) is 13.1 Å². The molecule has 0 saturated heterocycles. The summed E-state index contributed by atoms with van der Waals surface area (Å²) in [6.07, 6.45) is 0.172. The van der Waals surface area contributed by atoms with Gasteiger partial charge in [0.15, 0.2) is 11.4 Å². The maximum atomic E-state index is 14.4. The van der Waals surface area contributed by atoms with Crippen molar-refractivity contribution in [3.8, 4) is 0 Å². The molecule has 15 heteroatoms. The summed E-state index contributed by atoms with van der Waals surface area (Å²) in [5, 5.41) is 20.1. The van der Waals surface area contributed by atoms with E-state index in [-0.39, 0.29) is 43.4 Å². The molecule has 0 spiro atoms. The molecule has 11 nitrogen and oxygen atoms in total. The van der Waals surface area contributed by atoms with Gasteiger partial charge in [0, 0.05) is 33.1 Å². The summed E-state index contributed by atoms with van der Waals surface area (Å²) in [6.45, 7) is 2.13. The molecule has 190 valence electrons. The summed E-state index contributed by atoms with van der Waals surface area (Å²) in [6, 6.07) is -0.698. The standard InChI is InChI=1S/C20H25F4N9O2/c1-3-25-18(34)16-11-32(29-27-16)7-5-14(21)10-33-12-17(28-30-33)19(35)26-9-15-8-13(20(22,23)24)4-6-31(15)2/h4,6,8,11-12,14-15H,3,5,7,9-10H2,1-2H3,(H,25,34)(H,26,35). The average Bonchev–Trinajstić information content (AvgIpc) is 3.46. The van der Waals surface area contributed by atoms with Crippen LogP contribution >= 0.6 is 0 Å². The van der Waals surface area contributed by atoms with Crippen molar-refractivity contribution in [2.45, 2.75) is 44.8 Å². The SMILES string of the molecule is CCNC(=O)c1cn(CCC(F)Cn2cc(C(=O)NCC3C=C(C(F)(F)F)C=CN3C)nn2)nn1. The van der Waals surface area contributed by atoms with Crippen molar-refractivity contribution >= 4 is 11.8 Å². The van der Waals surface area contributed by atoms with E-state index < -0.39 is 29.9 Å². The van der Waals surface area contributed by atoms with Crippen molar-refractivity contribution in [3.63, 3.8) is 0 Å². The fourth-order valence-corrected chi connectivity index (χ4v) is 3.19. The number of hydrogen-bond donors (Lipinski definition) is 2. The second kappa shape index (κ2) is 11.1. The van der Waals surface area contributed by atoms with Gasteiger partial charge < -0.3 is 15.5 Å². The van der Waals surface area contributed by atoms with Crippen molar-refractivity contribution in [2.24, 2.45) is 0 Å². The number of rotatable bonds is 10. The lowest BCUT2D eigenvalue weighted by Gasteiger charge is -2.28. The number of aryl methyl sites for hydroxylation is 1. The first kappa shape index (κ1) is 25.8. The molecule has 0 aromatic carbocycles. The van der Waals surface area contributed by atoms with Crippen LogP contribution in [0, 0.1) is 0 Å². The van der Waals surface area contributed by atoms with Crippen LogP contribution in [0.5, 0.6) is 0 Å². The quantitative estimate of drug-likeness (QED) is 0.469. The van der Waals surface area contributed by atoms with Crippen molar-refractivity contribution in [1.82, 2.24) is 45.5 Å². The highest BCUT2D eigenvalue weighted by molar-refractivity contribution is 5.92. The molecule has 1 aliphatic heterocycles. The summed E-state index contributed by atoms with van der Waals surface area (Å²) in [5.41, 5.74) is -0.745. The number of nitrogens with zero attached hydrogens (tertiary/aromatic N) is 7. The van der Waals surface area contributed by atoms with E-state index in [1.54, 1.807) is 14.0 Å². The molecule has 1 aliphatic rings. The van der Waals surface area contributed by atoms with E-state index >= 15 is 0 Å².